The highest BCUT2D eigenvalue weighted by molar-refractivity contribution is 8.14. The normalized spacial score (nSPS) is 20.4. The second kappa shape index (κ2) is 17.6. The van der Waals surface area contributed by atoms with E-state index in [1.165, 1.54) is 0 Å². The summed E-state index contributed by atoms with van der Waals surface area (Å²) in [7, 11) is 0. The molecule has 0 saturated heterocycles. The third kappa shape index (κ3) is 16.7. The Balaban J connectivity index is 0.000000428. The molecule has 10 nitrogen and oxygen atoms in total. The second-order valence-electron chi connectivity index (χ2n) is 5.37. The van der Waals surface area contributed by atoms with E-state index >= 15 is 0 Å². The number of aliphatic carboxylic acids is 2. The molecule has 0 bridgehead atoms. The maximum Gasteiger partial charge on any atom is 0.328 e. The predicted molar refractivity (Wildman–Crippen MR) is 122 cm³/mol. The van der Waals surface area contributed by atoms with E-state index in [2.05, 4.69) is 23.1 Å². The number of hydrogen-bond donors (Lipinski definition) is 4. The Morgan fingerprint density at radius 1 is 0.933 bits per heavy atom. The van der Waals surface area contributed by atoms with Crippen molar-refractivity contribution in [3.8, 4) is 0 Å². The molecule has 30 heavy (non-hydrogen) atoms. The third-order valence-electron chi connectivity index (χ3n) is 2.95. The number of thioether (sulfide) groups is 2. The topological polar surface area (TPSA) is 170 Å². The van der Waals surface area contributed by atoms with E-state index in [0.29, 0.717) is 35.7 Å². The zero-order valence-electron chi connectivity index (χ0n) is 16.5. The van der Waals surface area contributed by atoms with Crippen LogP contribution in [0.25, 0.3) is 0 Å². The van der Waals surface area contributed by atoms with Crippen LogP contribution in [0.2, 0.25) is 0 Å². The number of nitrogens with two attached hydrogens (primary N) is 2. The van der Waals surface area contributed by atoms with E-state index in [0.717, 1.165) is 24.3 Å². The second-order valence-corrected chi connectivity index (χ2v) is 7.60. The molecule has 0 spiro atoms. The average molecular weight is 461 g/mol. The van der Waals surface area contributed by atoms with E-state index < -0.39 is 11.9 Å². The van der Waals surface area contributed by atoms with Gasteiger partial charge in [-0.05, 0) is 0 Å². The Morgan fingerprint density at radius 2 is 1.30 bits per heavy atom. The highest BCUT2D eigenvalue weighted by Crippen LogP contribution is 2.16. The first-order chi connectivity index (χ1) is 14.3. The molecule has 0 aromatic heterocycles. The smallest absolute Gasteiger partial charge is 0.328 e. The molecule has 0 aromatic carbocycles. The van der Waals surface area contributed by atoms with Crippen LogP contribution in [0.15, 0.2) is 47.4 Å². The van der Waals surface area contributed by atoms with Gasteiger partial charge in [0.1, 0.15) is 0 Å². The molecule has 168 valence electrons. The SMILES string of the molecule is C=CCOC1CCSC(N)=N1.C=CCOC1CCSC(N)=N1.O=C(O)C=CC(=O)O. The molecule has 0 fully saturated rings. The maximum absolute atomic E-state index is 9.55. The highest BCUT2D eigenvalue weighted by Gasteiger charge is 2.13. The van der Waals surface area contributed by atoms with Gasteiger partial charge in [0.15, 0.2) is 22.8 Å². The fourth-order valence-electron chi connectivity index (χ4n) is 1.76. The molecule has 0 radical (unpaired) electrons. The highest BCUT2D eigenvalue weighted by atomic mass is 32.2. The number of hydrogen-bond acceptors (Lipinski definition) is 10. The van der Waals surface area contributed by atoms with Gasteiger partial charge in [-0.1, -0.05) is 35.7 Å². The third-order valence-corrected chi connectivity index (χ3v) is 4.64. The first-order valence-electron chi connectivity index (χ1n) is 8.79. The van der Waals surface area contributed by atoms with Gasteiger partial charge in [-0.2, -0.15) is 0 Å². The van der Waals surface area contributed by atoms with Crippen LogP contribution >= 0.6 is 23.5 Å². The summed E-state index contributed by atoms with van der Waals surface area (Å²) in [6, 6.07) is 0. The standard InChI is InChI=1S/2C7H12N2OS.C4H4O4/c2*1-2-4-10-6-3-5-11-7(8)9-6;5-3(6)1-2-4(7)8/h2*2,6H,1,3-5H2,(H2,8,9);1-2H,(H,5,6)(H,7,8). The van der Waals surface area contributed by atoms with Gasteiger partial charge in [0.25, 0.3) is 0 Å². The number of rotatable bonds is 8. The minimum Gasteiger partial charge on any atom is -0.478 e. The van der Waals surface area contributed by atoms with Gasteiger partial charge >= 0.3 is 11.9 Å². The van der Waals surface area contributed by atoms with E-state index in [4.69, 9.17) is 31.2 Å². The summed E-state index contributed by atoms with van der Waals surface area (Å²) in [6.07, 6.45) is 6.34. The molecule has 2 rings (SSSR count). The van der Waals surface area contributed by atoms with Gasteiger partial charge in [0, 0.05) is 36.5 Å². The number of ether oxygens (including phenoxy) is 2. The molecule has 0 aliphatic carbocycles. The molecule has 2 unspecified atom stereocenters. The number of carbonyl (C=O) groups is 2. The Bertz CT molecular complexity index is 601. The molecular weight excluding hydrogens is 432 g/mol. The molecule has 2 aliphatic heterocycles. The van der Waals surface area contributed by atoms with Crippen molar-refractivity contribution in [1.82, 2.24) is 0 Å². The fraction of sp³-hybridized carbons (Fsp3) is 0.444. The van der Waals surface area contributed by atoms with E-state index in [1.54, 1.807) is 35.7 Å². The Labute approximate surface area is 184 Å². The monoisotopic (exact) mass is 460 g/mol. The Hall–Kier alpha value is -2.28. The van der Waals surface area contributed by atoms with Crippen molar-refractivity contribution in [2.45, 2.75) is 25.3 Å². The van der Waals surface area contributed by atoms with E-state index in [-0.39, 0.29) is 12.5 Å². The average Bonchev–Trinajstić information content (AvgIpc) is 2.70. The lowest BCUT2D eigenvalue weighted by Crippen LogP contribution is -2.22. The summed E-state index contributed by atoms with van der Waals surface area (Å²) in [5, 5.41) is 16.9. The molecule has 12 heteroatoms. The first kappa shape index (κ1) is 27.7. The molecule has 2 atom stereocenters. The van der Waals surface area contributed by atoms with Gasteiger partial charge in [-0.3, -0.25) is 0 Å². The van der Waals surface area contributed by atoms with Crippen LogP contribution < -0.4 is 11.5 Å². The van der Waals surface area contributed by atoms with Crippen molar-refractivity contribution in [1.29, 1.82) is 0 Å². The lowest BCUT2D eigenvalue weighted by molar-refractivity contribution is -0.134. The molecule has 0 amide bonds. The summed E-state index contributed by atoms with van der Waals surface area (Å²) < 4.78 is 10.6. The fourth-order valence-corrected chi connectivity index (χ4v) is 3.20. The summed E-state index contributed by atoms with van der Waals surface area (Å²) in [4.78, 5) is 27.3. The number of nitrogens with zero attached hydrogens (tertiary/aromatic N) is 2. The quantitative estimate of drug-likeness (QED) is 0.308. The molecular formula is C18H28N4O6S2. The van der Waals surface area contributed by atoms with Crippen molar-refractivity contribution in [2.24, 2.45) is 21.5 Å². The van der Waals surface area contributed by atoms with Gasteiger partial charge < -0.3 is 31.2 Å². The lowest BCUT2D eigenvalue weighted by Gasteiger charge is -2.17. The Kier molecular flexibility index (Phi) is 16.2. The minimum absolute atomic E-state index is 0.0470. The van der Waals surface area contributed by atoms with Gasteiger partial charge in [-0.25, -0.2) is 19.6 Å². The number of aliphatic imine (C=N–C) groups is 2. The minimum atomic E-state index is -1.26. The van der Waals surface area contributed by atoms with Crippen molar-refractivity contribution >= 4 is 45.8 Å². The van der Waals surface area contributed by atoms with Gasteiger partial charge in [0.2, 0.25) is 0 Å². The van der Waals surface area contributed by atoms with Crippen LogP contribution in [0.1, 0.15) is 12.8 Å². The maximum atomic E-state index is 9.55. The zero-order chi connectivity index (χ0) is 22.8. The predicted octanol–water partition coefficient (Wildman–Crippen LogP) is 1.65. The molecule has 0 saturated carbocycles. The van der Waals surface area contributed by atoms with E-state index in [9.17, 15) is 9.59 Å². The first-order valence-corrected chi connectivity index (χ1v) is 10.8. The lowest BCUT2D eigenvalue weighted by atomic mass is 10.4. The van der Waals surface area contributed by atoms with Crippen molar-refractivity contribution in [2.75, 3.05) is 24.7 Å². The van der Waals surface area contributed by atoms with Crippen molar-refractivity contribution in [3.05, 3.63) is 37.5 Å². The summed E-state index contributed by atoms with van der Waals surface area (Å²) >= 11 is 3.15. The summed E-state index contributed by atoms with van der Waals surface area (Å²) in [5.41, 5.74) is 11.0. The van der Waals surface area contributed by atoms with Crippen molar-refractivity contribution in [3.63, 3.8) is 0 Å². The van der Waals surface area contributed by atoms with E-state index in [1.807, 2.05) is 0 Å². The summed E-state index contributed by atoms with van der Waals surface area (Å²) in [5.74, 6) is -0.520. The zero-order valence-corrected chi connectivity index (χ0v) is 18.1. The molecule has 2 aliphatic rings. The molecule has 6 N–H and O–H groups in total. The van der Waals surface area contributed by atoms with Crippen LogP contribution in [-0.2, 0) is 19.1 Å². The molecule has 2 heterocycles. The van der Waals surface area contributed by atoms with Gasteiger partial charge in [-0.15, -0.1) is 13.2 Å². The Morgan fingerprint density at radius 3 is 1.57 bits per heavy atom. The van der Waals surface area contributed by atoms with Crippen LogP contribution in [0.5, 0.6) is 0 Å². The van der Waals surface area contributed by atoms with Crippen LogP contribution in [0, 0.1) is 0 Å². The largest absolute Gasteiger partial charge is 0.478 e. The number of amidine groups is 2. The van der Waals surface area contributed by atoms with Crippen molar-refractivity contribution < 1.29 is 29.3 Å². The van der Waals surface area contributed by atoms with Crippen LogP contribution in [0.3, 0.4) is 0 Å². The van der Waals surface area contributed by atoms with Gasteiger partial charge in [0.05, 0.1) is 13.2 Å². The molecule has 0 aromatic rings. The van der Waals surface area contributed by atoms with Crippen LogP contribution in [-0.4, -0.2) is 69.7 Å². The van der Waals surface area contributed by atoms with Crippen LogP contribution in [0.4, 0.5) is 0 Å². The summed E-state index contributed by atoms with van der Waals surface area (Å²) in [6.45, 7) is 8.20. The number of carboxylic acid groups (broad SMARTS) is 2. The number of carboxylic acids is 2.